The van der Waals surface area contributed by atoms with Crippen molar-refractivity contribution >= 4 is 23.5 Å². The van der Waals surface area contributed by atoms with E-state index in [1.54, 1.807) is 12.3 Å². The van der Waals surface area contributed by atoms with Crippen LogP contribution in [0.15, 0.2) is 24.4 Å². The first-order valence-electron chi connectivity index (χ1n) is 12.3. The third-order valence-electron chi connectivity index (χ3n) is 7.31. The second-order valence-electron chi connectivity index (χ2n) is 9.51. The molecule has 2 aromatic rings. The molecule has 8 heteroatoms. The topological polar surface area (TPSA) is 103 Å². The molecule has 2 amide bonds. The zero-order valence-electron chi connectivity index (χ0n) is 20.1. The van der Waals surface area contributed by atoms with E-state index in [2.05, 4.69) is 31.2 Å². The fraction of sp³-hybridized carbons (Fsp3) is 0.538. The molecule has 0 atom stereocenters. The quantitative estimate of drug-likeness (QED) is 0.671. The van der Waals surface area contributed by atoms with Gasteiger partial charge < -0.3 is 15.2 Å². The molecule has 0 bridgehead atoms. The number of carbonyl (C=O) groups is 2. The number of piperidine rings is 1. The van der Waals surface area contributed by atoms with E-state index in [9.17, 15) is 14.9 Å². The van der Waals surface area contributed by atoms with Crippen LogP contribution in [0, 0.1) is 31.1 Å². The molecule has 8 nitrogen and oxygen atoms in total. The highest BCUT2D eigenvalue weighted by Gasteiger charge is 2.28. The summed E-state index contributed by atoms with van der Waals surface area (Å²) in [7, 11) is 0. The van der Waals surface area contributed by atoms with Crippen LogP contribution in [0.1, 0.15) is 67.8 Å². The van der Waals surface area contributed by atoms with Crippen molar-refractivity contribution in [2.75, 3.05) is 30.3 Å². The molecule has 1 saturated carbocycles. The van der Waals surface area contributed by atoms with Crippen LogP contribution in [0.4, 0.5) is 11.6 Å². The van der Waals surface area contributed by atoms with Crippen molar-refractivity contribution in [2.45, 2.75) is 64.8 Å². The summed E-state index contributed by atoms with van der Waals surface area (Å²) in [5.74, 6) is 1.01. The summed E-state index contributed by atoms with van der Waals surface area (Å²) >= 11 is 0. The van der Waals surface area contributed by atoms with E-state index in [-0.39, 0.29) is 24.3 Å². The van der Waals surface area contributed by atoms with Gasteiger partial charge in [0.25, 0.3) is 0 Å². The fourth-order valence-corrected chi connectivity index (χ4v) is 5.28. The van der Waals surface area contributed by atoms with E-state index in [1.165, 1.54) is 19.3 Å². The molecule has 3 heterocycles. The SMILES string of the molecule is Cc1c(C#N)c(NC(=O)CN2CCC(C(=O)Nc3ccccn3)CC2)n(C2CCCCC2)c1C. The summed E-state index contributed by atoms with van der Waals surface area (Å²) in [5, 5.41) is 15.7. The maximum absolute atomic E-state index is 13.0. The van der Waals surface area contributed by atoms with Gasteiger partial charge in [0.05, 0.1) is 12.1 Å². The maximum Gasteiger partial charge on any atom is 0.239 e. The minimum absolute atomic E-state index is 0.0160. The molecule has 2 aromatic heterocycles. The first-order chi connectivity index (χ1) is 16.5. The van der Waals surface area contributed by atoms with Crippen LogP contribution < -0.4 is 10.6 Å². The number of aromatic nitrogens is 2. The number of hydrogen-bond donors (Lipinski definition) is 2. The second kappa shape index (κ2) is 10.8. The number of carbonyl (C=O) groups excluding carboxylic acids is 2. The molecule has 180 valence electrons. The Morgan fingerprint density at radius 3 is 2.47 bits per heavy atom. The molecule has 0 unspecified atom stereocenters. The van der Waals surface area contributed by atoms with Gasteiger partial charge in [-0.1, -0.05) is 25.3 Å². The molecule has 1 aliphatic carbocycles. The Hall–Kier alpha value is -3.18. The van der Waals surface area contributed by atoms with Crippen LogP contribution in [-0.4, -0.2) is 45.9 Å². The third kappa shape index (κ3) is 5.31. The van der Waals surface area contributed by atoms with Crippen molar-refractivity contribution in [1.29, 1.82) is 5.26 Å². The first kappa shape index (κ1) is 24.0. The Morgan fingerprint density at radius 2 is 1.82 bits per heavy atom. The lowest BCUT2D eigenvalue weighted by atomic mass is 9.95. The zero-order valence-corrected chi connectivity index (χ0v) is 20.1. The Labute approximate surface area is 201 Å². The fourth-order valence-electron chi connectivity index (χ4n) is 5.28. The van der Waals surface area contributed by atoms with Gasteiger partial charge in [-0.2, -0.15) is 5.26 Å². The average molecular weight is 463 g/mol. The van der Waals surface area contributed by atoms with Gasteiger partial charge in [0.2, 0.25) is 11.8 Å². The molecule has 2 N–H and O–H groups in total. The Morgan fingerprint density at radius 1 is 1.09 bits per heavy atom. The van der Waals surface area contributed by atoms with Crippen LogP contribution >= 0.6 is 0 Å². The number of hydrogen-bond acceptors (Lipinski definition) is 5. The van der Waals surface area contributed by atoms with Crippen LogP contribution in [0.2, 0.25) is 0 Å². The van der Waals surface area contributed by atoms with Crippen LogP contribution in [0.5, 0.6) is 0 Å². The smallest absolute Gasteiger partial charge is 0.239 e. The van der Waals surface area contributed by atoms with Crippen molar-refractivity contribution in [3.05, 3.63) is 41.2 Å². The summed E-state index contributed by atoms with van der Waals surface area (Å²) in [6.07, 6.45) is 8.82. The third-order valence-corrected chi connectivity index (χ3v) is 7.31. The van der Waals surface area contributed by atoms with Gasteiger partial charge in [-0.15, -0.1) is 0 Å². The summed E-state index contributed by atoms with van der Waals surface area (Å²) in [6.45, 7) is 5.62. The lowest BCUT2D eigenvalue weighted by Gasteiger charge is -2.31. The lowest BCUT2D eigenvalue weighted by Crippen LogP contribution is -2.42. The minimum Gasteiger partial charge on any atom is -0.327 e. The van der Waals surface area contributed by atoms with E-state index in [0.717, 1.165) is 24.1 Å². The van der Waals surface area contributed by atoms with Crippen molar-refractivity contribution in [3.63, 3.8) is 0 Å². The summed E-state index contributed by atoms with van der Waals surface area (Å²) in [4.78, 5) is 31.8. The Bertz CT molecular complexity index is 1060. The molecule has 0 radical (unpaired) electrons. The highest BCUT2D eigenvalue weighted by molar-refractivity contribution is 5.93. The normalized spacial score (nSPS) is 17.8. The number of likely N-dealkylation sites (tertiary alicyclic amines) is 1. The monoisotopic (exact) mass is 462 g/mol. The van der Waals surface area contributed by atoms with Gasteiger partial charge in [0.15, 0.2) is 0 Å². The number of nitrogens with zero attached hydrogens (tertiary/aromatic N) is 4. The van der Waals surface area contributed by atoms with Gasteiger partial charge in [-0.05, 0) is 70.3 Å². The largest absolute Gasteiger partial charge is 0.327 e. The van der Waals surface area contributed by atoms with Crippen LogP contribution in [-0.2, 0) is 9.59 Å². The predicted octanol–water partition coefficient (Wildman–Crippen LogP) is 4.17. The number of anilines is 2. The second-order valence-corrected chi connectivity index (χ2v) is 9.51. The first-order valence-corrected chi connectivity index (χ1v) is 12.3. The van der Waals surface area contributed by atoms with Gasteiger partial charge in [0, 0.05) is 23.9 Å². The summed E-state index contributed by atoms with van der Waals surface area (Å²) in [5.41, 5.74) is 2.59. The van der Waals surface area contributed by atoms with E-state index < -0.39 is 0 Å². The van der Waals surface area contributed by atoms with Crippen molar-refractivity contribution in [1.82, 2.24) is 14.5 Å². The van der Waals surface area contributed by atoms with E-state index in [0.29, 0.717) is 49.2 Å². The van der Waals surface area contributed by atoms with Crippen molar-refractivity contribution < 1.29 is 9.59 Å². The molecule has 2 fully saturated rings. The number of amides is 2. The van der Waals surface area contributed by atoms with E-state index >= 15 is 0 Å². The van der Waals surface area contributed by atoms with E-state index in [4.69, 9.17) is 0 Å². The molecule has 1 aliphatic heterocycles. The van der Waals surface area contributed by atoms with E-state index in [1.807, 2.05) is 26.0 Å². The predicted molar refractivity (Wildman–Crippen MR) is 131 cm³/mol. The molecular weight excluding hydrogens is 428 g/mol. The maximum atomic E-state index is 13.0. The summed E-state index contributed by atoms with van der Waals surface area (Å²) < 4.78 is 2.19. The average Bonchev–Trinajstić information content (AvgIpc) is 3.09. The van der Waals surface area contributed by atoms with Crippen LogP contribution in [0.3, 0.4) is 0 Å². The van der Waals surface area contributed by atoms with Crippen LogP contribution in [0.25, 0.3) is 0 Å². The zero-order chi connectivity index (χ0) is 24.1. The molecule has 1 saturated heterocycles. The summed E-state index contributed by atoms with van der Waals surface area (Å²) in [6, 6.07) is 8.08. The molecule has 4 rings (SSSR count). The highest BCUT2D eigenvalue weighted by Crippen LogP contribution is 2.36. The molecule has 34 heavy (non-hydrogen) atoms. The number of rotatable bonds is 6. The molecule has 0 aromatic carbocycles. The van der Waals surface area contributed by atoms with Gasteiger partial charge in [-0.3, -0.25) is 14.5 Å². The lowest BCUT2D eigenvalue weighted by molar-refractivity contribution is -0.121. The minimum atomic E-state index is -0.109. The Balaban J connectivity index is 1.35. The van der Waals surface area contributed by atoms with Gasteiger partial charge in [-0.25, -0.2) is 4.98 Å². The highest BCUT2D eigenvalue weighted by atomic mass is 16.2. The number of nitrogens with one attached hydrogen (secondary N) is 2. The molecule has 2 aliphatic rings. The van der Waals surface area contributed by atoms with Gasteiger partial charge >= 0.3 is 0 Å². The number of pyridine rings is 1. The Kier molecular flexibility index (Phi) is 7.63. The number of nitriles is 1. The molecule has 0 spiro atoms. The van der Waals surface area contributed by atoms with Crippen molar-refractivity contribution in [2.24, 2.45) is 5.92 Å². The van der Waals surface area contributed by atoms with Gasteiger partial charge in [0.1, 0.15) is 17.7 Å². The standard InChI is InChI=1S/C26H34N6O2/c1-18-19(2)32(21-8-4-3-5-9-21)25(22(18)16-27)30-24(33)17-31-14-11-20(12-15-31)26(34)29-23-10-6-7-13-28-23/h6-7,10,13,20-21H,3-5,8-9,11-12,14-15,17H2,1-2H3,(H,30,33)(H,28,29,34). The molecular formula is C26H34N6O2. The van der Waals surface area contributed by atoms with Crippen molar-refractivity contribution in [3.8, 4) is 6.07 Å².